The van der Waals surface area contributed by atoms with Crippen LogP contribution >= 0.6 is 0 Å². The van der Waals surface area contributed by atoms with Crippen molar-refractivity contribution in [1.29, 1.82) is 0 Å². The maximum Gasteiger partial charge on any atom is 0.283 e. The highest BCUT2D eigenvalue weighted by molar-refractivity contribution is 5.70. The summed E-state index contributed by atoms with van der Waals surface area (Å²) in [4.78, 5) is 21.2. The Morgan fingerprint density at radius 3 is 2.67 bits per heavy atom. The van der Waals surface area contributed by atoms with E-state index in [4.69, 9.17) is 4.42 Å². The molecule has 0 aliphatic rings. The molecule has 0 fully saturated rings. The molecule has 0 atom stereocenters. The van der Waals surface area contributed by atoms with Crippen LogP contribution in [0, 0.1) is 13.8 Å². The van der Waals surface area contributed by atoms with Crippen LogP contribution in [0.25, 0.3) is 16.9 Å². The third kappa shape index (κ3) is 2.28. The molecule has 0 unspecified atom stereocenters. The maximum atomic E-state index is 12.6. The van der Waals surface area contributed by atoms with E-state index in [1.54, 1.807) is 11.6 Å². The molecule has 4 rings (SSSR count). The Morgan fingerprint density at radius 1 is 1.17 bits per heavy atom. The van der Waals surface area contributed by atoms with Gasteiger partial charge in [-0.05, 0) is 19.1 Å². The molecule has 0 saturated carbocycles. The van der Waals surface area contributed by atoms with Crippen molar-refractivity contribution in [3.05, 3.63) is 64.4 Å². The molecule has 0 aliphatic heterocycles. The zero-order valence-electron chi connectivity index (χ0n) is 13.2. The summed E-state index contributed by atoms with van der Waals surface area (Å²) in [6.45, 7) is 3.87. The first kappa shape index (κ1) is 14.3. The lowest BCUT2D eigenvalue weighted by atomic mass is 10.3. The molecule has 1 aromatic carbocycles. The van der Waals surface area contributed by atoms with Crippen LogP contribution in [0.3, 0.4) is 0 Å². The Labute approximate surface area is 136 Å². The number of hydrogen-bond donors (Lipinski definition) is 0. The number of benzene rings is 1. The van der Waals surface area contributed by atoms with Gasteiger partial charge in [0.15, 0.2) is 17.1 Å². The monoisotopic (exact) mass is 322 g/mol. The second-order valence-electron chi connectivity index (χ2n) is 5.43. The normalized spacial score (nSPS) is 11.2. The quantitative estimate of drug-likeness (QED) is 0.569. The predicted molar refractivity (Wildman–Crippen MR) is 86.0 cm³/mol. The summed E-state index contributed by atoms with van der Waals surface area (Å²) in [6.07, 6.45) is 1.48. The van der Waals surface area contributed by atoms with E-state index in [1.165, 1.54) is 10.9 Å². The molecule has 3 heterocycles. The molecular formula is C16H14N6O2. The Kier molecular flexibility index (Phi) is 3.23. The molecule has 0 N–H and O–H groups in total. The SMILES string of the molecule is Cc1nc(C)c(Cn2cnc3c(nnn3-c3ccccc3)c2=O)o1. The molecule has 3 aromatic heterocycles. The molecule has 0 spiro atoms. The van der Waals surface area contributed by atoms with E-state index in [0.717, 1.165) is 11.4 Å². The minimum absolute atomic E-state index is 0.218. The van der Waals surface area contributed by atoms with Crippen LogP contribution in [-0.2, 0) is 6.54 Å². The van der Waals surface area contributed by atoms with E-state index in [1.807, 2.05) is 37.3 Å². The summed E-state index contributed by atoms with van der Waals surface area (Å²) in [5, 5.41) is 8.05. The molecule has 0 saturated heterocycles. The third-order valence-corrected chi connectivity index (χ3v) is 3.74. The fraction of sp³-hybridized carbons (Fsp3) is 0.188. The highest BCUT2D eigenvalue weighted by Gasteiger charge is 2.15. The largest absolute Gasteiger partial charge is 0.444 e. The van der Waals surface area contributed by atoms with Gasteiger partial charge in [-0.25, -0.2) is 9.97 Å². The minimum atomic E-state index is -0.268. The number of fused-ring (bicyclic) bond motifs is 1. The van der Waals surface area contributed by atoms with Gasteiger partial charge < -0.3 is 4.42 Å². The van der Waals surface area contributed by atoms with Crippen LogP contribution < -0.4 is 5.56 Å². The van der Waals surface area contributed by atoms with Crippen LogP contribution in [0.2, 0.25) is 0 Å². The van der Waals surface area contributed by atoms with E-state index in [9.17, 15) is 4.79 Å². The first-order chi connectivity index (χ1) is 11.6. The molecule has 4 aromatic rings. The number of para-hydroxylation sites is 1. The Hall–Kier alpha value is -3.29. The number of aryl methyl sites for hydroxylation is 2. The van der Waals surface area contributed by atoms with Crippen LogP contribution in [0.1, 0.15) is 17.3 Å². The fourth-order valence-electron chi connectivity index (χ4n) is 2.57. The maximum absolute atomic E-state index is 12.6. The van der Waals surface area contributed by atoms with Gasteiger partial charge in [0.1, 0.15) is 12.1 Å². The van der Waals surface area contributed by atoms with Crippen molar-refractivity contribution in [3.63, 3.8) is 0 Å². The summed E-state index contributed by atoms with van der Waals surface area (Å²) in [6, 6.07) is 9.44. The van der Waals surface area contributed by atoms with Crippen molar-refractivity contribution in [3.8, 4) is 5.69 Å². The second-order valence-corrected chi connectivity index (χ2v) is 5.43. The Morgan fingerprint density at radius 2 is 1.96 bits per heavy atom. The summed E-state index contributed by atoms with van der Waals surface area (Å²) in [5.41, 5.74) is 1.93. The lowest BCUT2D eigenvalue weighted by molar-refractivity contribution is 0.458. The summed E-state index contributed by atoms with van der Waals surface area (Å²) in [7, 11) is 0. The number of aromatic nitrogens is 6. The average Bonchev–Trinajstić information content (AvgIpc) is 3.14. The molecular weight excluding hydrogens is 308 g/mol. The van der Waals surface area contributed by atoms with Crippen molar-refractivity contribution in [1.82, 2.24) is 29.5 Å². The number of nitrogens with zero attached hydrogens (tertiary/aromatic N) is 6. The lowest BCUT2D eigenvalue weighted by Crippen LogP contribution is -2.21. The van der Waals surface area contributed by atoms with Crippen molar-refractivity contribution in [2.45, 2.75) is 20.4 Å². The van der Waals surface area contributed by atoms with Crippen molar-refractivity contribution in [2.75, 3.05) is 0 Å². The third-order valence-electron chi connectivity index (χ3n) is 3.74. The molecule has 0 bridgehead atoms. The molecule has 8 heteroatoms. The van der Waals surface area contributed by atoms with Crippen LogP contribution in [0.5, 0.6) is 0 Å². The minimum Gasteiger partial charge on any atom is -0.444 e. The first-order valence-electron chi connectivity index (χ1n) is 7.42. The van der Waals surface area contributed by atoms with E-state index in [2.05, 4.69) is 20.3 Å². The number of rotatable bonds is 3. The molecule has 24 heavy (non-hydrogen) atoms. The van der Waals surface area contributed by atoms with Gasteiger partial charge in [0.25, 0.3) is 5.56 Å². The van der Waals surface area contributed by atoms with Crippen molar-refractivity contribution >= 4 is 11.2 Å². The van der Waals surface area contributed by atoms with Crippen molar-refractivity contribution in [2.24, 2.45) is 0 Å². The molecule has 8 nitrogen and oxygen atoms in total. The summed E-state index contributed by atoms with van der Waals surface area (Å²) < 4.78 is 8.51. The highest BCUT2D eigenvalue weighted by Crippen LogP contribution is 2.13. The van der Waals surface area contributed by atoms with Gasteiger partial charge in [0, 0.05) is 6.92 Å². The van der Waals surface area contributed by atoms with E-state index >= 15 is 0 Å². The summed E-state index contributed by atoms with van der Waals surface area (Å²) >= 11 is 0. The lowest BCUT2D eigenvalue weighted by Gasteiger charge is -2.04. The molecule has 0 radical (unpaired) electrons. The smallest absolute Gasteiger partial charge is 0.283 e. The van der Waals surface area contributed by atoms with E-state index in [0.29, 0.717) is 17.3 Å². The Bertz CT molecular complexity index is 1080. The van der Waals surface area contributed by atoms with Crippen LogP contribution in [-0.4, -0.2) is 29.5 Å². The van der Waals surface area contributed by atoms with Gasteiger partial charge in [-0.1, -0.05) is 23.4 Å². The topological polar surface area (TPSA) is 91.6 Å². The van der Waals surface area contributed by atoms with E-state index < -0.39 is 0 Å². The first-order valence-corrected chi connectivity index (χ1v) is 7.42. The molecule has 0 amide bonds. The highest BCUT2D eigenvalue weighted by atomic mass is 16.4. The standard InChI is InChI=1S/C16H14N6O2/c1-10-13(24-11(2)18-10)8-21-9-17-15-14(16(21)23)19-20-22(15)12-6-4-3-5-7-12/h3-7,9H,8H2,1-2H3. The Balaban J connectivity index is 1.80. The van der Waals surface area contributed by atoms with E-state index in [-0.39, 0.29) is 17.6 Å². The fourth-order valence-corrected chi connectivity index (χ4v) is 2.57. The average molecular weight is 322 g/mol. The van der Waals surface area contributed by atoms with Gasteiger partial charge in [0.05, 0.1) is 17.9 Å². The zero-order valence-corrected chi connectivity index (χ0v) is 13.2. The van der Waals surface area contributed by atoms with Gasteiger partial charge in [0.2, 0.25) is 0 Å². The van der Waals surface area contributed by atoms with Gasteiger partial charge >= 0.3 is 0 Å². The predicted octanol–water partition coefficient (Wildman–Crippen LogP) is 1.63. The summed E-state index contributed by atoms with van der Waals surface area (Å²) in [5.74, 6) is 1.20. The van der Waals surface area contributed by atoms with Gasteiger partial charge in [-0.2, -0.15) is 4.68 Å². The molecule has 120 valence electrons. The molecule has 0 aliphatic carbocycles. The van der Waals surface area contributed by atoms with Crippen LogP contribution in [0.15, 0.2) is 45.9 Å². The zero-order chi connectivity index (χ0) is 16.7. The second kappa shape index (κ2) is 5.41. The number of hydrogen-bond acceptors (Lipinski definition) is 6. The van der Waals surface area contributed by atoms with Gasteiger partial charge in [-0.3, -0.25) is 9.36 Å². The number of oxazole rings is 1. The van der Waals surface area contributed by atoms with Crippen LogP contribution in [0.4, 0.5) is 0 Å². The van der Waals surface area contributed by atoms with Crippen molar-refractivity contribution < 1.29 is 4.42 Å². The van der Waals surface area contributed by atoms with Gasteiger partial charge in [-0.15, -0.1) is 5.10 Å².